The summed E-state index contributed by atoms with van der Waals surface area (Å²) >= 11 is 0. The molecule has 17 heavy (non-hydrogen) atoms. The van der Waals surface area contributed by atoms with Gasteiger partial charge in [-0.3, -0.25) is 0 Å². The Morgan fingerprint density at radius 2 is 1.71 bits per heavy atom. The van der Waals surface area contributed by atoms with Gasteiger partial charge in [0, 0.05) is 0 Å². The van der Waals surface area contributed by atoms with Crippen LogP contribution in [0.15, 0.2) is 0 Å². The molecule has 0 spiro atoms. The molecule has 0 aromatic rings. The molecule has 1 N–H and O–H groups in total. The second-order valence-electron chi connectivity index (χ2n) is 5.41. The monoisotopic (exact) mass is 252 g/mol. The van der Waals surface area contributed by atoms with Crippen LogP contribution in [0.5, 0.6) is 0 Å². The SMILES string of the molecule is CCCC(C)C(O)C1CCC(C(F)(F)F)CC1. The van der Waals surface area contributed by atoms with Crippen molar-refractivity contribution in [3.8, 4) is 0 Å². The predicted octanol–water partition coefficient (Wildman–Crippen LogP) is 4.15. The third-order valence-corrected chi connectivity index (χ3v) is 4.04. The highest BCUT2D eigenvalue weighted by atomic mass is 19.4. The molecule has 0 radical (unpaired) electrons. The average molecular weight is 252 g/mol. The second kappa shape index (κ2) is 6.07. The van der Waals surface area contributed by atoms with Crippen LogP contribution in [0.2, 0.25) is 0 Å². The summed E-state index contributed by atoms with van der Waals surface area (Å²) in [5.74, 6) is -0.880. The Morgan fingerprint density at radius 1 is 1.18 bits per heavy atom. The minimum atomic E-state index is -4.05. The highest BCUT2D eigenvalue weighted by molar-refractivity contribution is 4.82. The van der Waals surface area contributed by atoms with Crippen molar-refractivity contribution in [1.29, 1.82) is 0 Å². The lowest BCUT2D eigenvalue weighted by molar-refractivity contribution is -0.186. The van der Waals surface area contributed by atoms with E-state index in [1.165, 1.54) is 0 Å². The van der Waals surface area contributed by atoms with Crippen LogP contribution >= 0.6 is 0 Å². The summed E-state index contributed by atoms with van der Waals surface area (Å²) in [7, 11) is 0. The fraction of sp³-hybridized carbons (Fsp3) is 1.00. The first kappa shape index (κ1) is 14.8. The molecule has 1 aliphatic rings. The maximum Gasteiger partial charge on any atom is 0.391 e. The van der Waals surface area contributed by atoms with E-state index in [1.807, 2.05) is 6.92 Å². The second-order valence-corrected chi connectivity index (χ2v) is 5.41. The van der Waals surface area contributed by atoms with Crippen molar-refractivity contribution in [3.05, 3.63) is 0 Å². The maximum atomic E-state index is 12.5. The molecule has 0 aromatic heterocycles. The van der Waals surface area contributed by atoms with Crippen LogP contribution in [0.1, 0.15) is 52.4 Å². The minimum Gasteiger partial charge on any atom is -0.393 e. The molecular weight excluding hydrogens is 229 g/mol. The van der Waals surface area contributed by atoms with Crippen molar-refractivity contribution >= 4 is 0 Å². The zero-order valence-electron chi connectivity index (χ0n) is 10.6. The molecule has 102 valence electrons. The molecule has 1 saturated carbocycles. The predicted molar refractivity (Wildman–Crippen MR) is 61.6 cm³/mol. The fourth-order valence-corrected chi connectivity index (χ4v) is 2.88. The van der Waals surface area contributed by atoms with E-state index in [-0.39, 0.29) is 24.7 Å². The first-order valence-corrected chi connectivity index (χ1v) is 6.61. The van der Waals surface area contributed by atoms with Gasteiger partial charge in [-0.25, -0.2) is 0 Å². The van der Waals surface area contributed by atoms with Gasteiger partial charge in [-0.2, -0.15) is 13.2 Å². The lowest BCUT2D eigenvalue weighted by Crippen LogP contribution is -2.34. The summed E-state index contributed by atoms with van der Waals surface area (Å²) in [6.07, 6.45) is -1.13. The van der Waals surface area contributed by atoms with E-state index in [9.17, 15) is 18.3 Å². The molecule has 2 atom stereocenters. The van der Waals surface area contributed by atoms with Gasteiger partial charge in [-0.15, -0.1) is 0 Å². The van der Waals surface area contributed by atoms with Gasteiger partial charge in [0.05, 0.1) is 12.0 Å². The molecule has 0 heterocycles. The van der Waals surface area contributed by atoms with Crippen LogP contribution in [0, 0.1) is 17.8 Å². The number of alkyl halides is 3. The molecule has 2 unspecified atom stereocenters. The van der Waals surface area contributed by atoms with Gasteiger partial charge in [0.1, 0.15) is 0 Å². The summed E-state index contributed by atoms with van der Waals surface area (Å²) in [5.41, 5.74) is 0. The largest absolute Gasteiger partial charge is 0.393 e. The highest BCUT2D eigenvalue weighted by Gasteiger charge is 2.42. The van der Waals surface area contributed by atoms with Crippen LogP contribution in [0.25, 0.3) is 0 Å². The van der Waals surface area contributed by atoms with E-state index in [0.717, 1.165) is 12.8 Å². The van der Waals surface area contributed by atoms with E-state index < -0.39 is 18.2 Å². The van der Waals surface area contributed by atoms with Crippen LogP contribution in [-0.2, 0) is 0 Å². The Morgan fingerprint density at radius 3 is 2.12 bits per heavy atom. The quantitative estimate of drug-likeness (QED) is 0.796. The van der Waals surface area contributed by atoms with Crippen LogP contribution < -0.4 is 0 Å². The molecule has 1 nitrogen and oxygen atoms in total. The minimum absolute atomic E-state index is 0.0650. The molecule has 1 fully saturated rings. The van der Waals surface area contributed by atoms with Gasteiger partial charge in [-0.05, 0) is 43.9 Å². The summed E-state index contributed by atoms with van der Waals surface area (Å²) in [4.78, 5) is 0. The van der Waals surface area contributed by atoms with Crippen molar-refractivity contribution in [2.75, 3.05) is 0 Å². The first-order chi connectivity index (χ1) is 7.86. The van der Waals surface area contributed by atoms with Gasteiger partial charge in [-0.1, -0.05) is 20.3 Å². The number of hydrogen-bond acceptors (Lipinski definition) is 1. The van der Waals surface area contributed by atoms with Crippen molar-refractivity contribution in [1.82, 2.24) is 0 Å². The van der Waals surface area contributed by atoms with Crippen LogP contribution in [0.3, 0.4) is 0 Å². The molecule has 1 aliphatic carbocycles. The standard InChI is InChI=1S/C13H23F3O/c1-3-4-9(2)12(17)10-5-7-11(8-6-10)13(14,15)16/h9-12,17H,3-8H2,1-2H3. The molecule has 0 bridgehead atoms. The van der Waals surface area contributed by atoms with E-state index in [2.05, 4.69) is 6.92 Å². The Hall–Kier alpha value is -0.250. The summed E-state index contributed by atoms with van der Waals surface area (Å²) in [6.45, 7) is 4.05. The molecular formula is C13H23F3O. The van der Waals surface area contributed by atoms with Gasteiger partial charge >= 0.3 is 6.18 Å². The van der Waals surface area contributed by atoms with Crippen molar-refractivity contribution < 1.29 is 18.3 Å². The lowest BCUT2D eigenvalue weighted by atomic mass is 9.76. The van der Waals surface area contributed by atoms with Crippen molar-refractivity contribution in [3.63, 3.8) is 0 Å². The molecule has 4 heteroatoms. The van der Waals surface area contributed by atoms with Crippen molar-refractivity contribution in [2.24, 2.45) is 17.8 Å². The maximum absolute atomic E-state index is 12.5. The van der Waals surface area contributed by atoms with E-state index in [4.69, 9.17) is 0 Å². The normalized spacial score (nSPS) is 30.0. The first-order valence-electron chi connectivity index (χ1n) is 6.61. The zero-order chi connectivity index (χ0) is 13.1. The van der Waals surface area contributed by atoms with E-state index in [1.54, 1.807) is 0 Å². The summed E-state index contributed by atoms with van der Waals surface area (Å²) in [6, 6.07) is 0. The zero-order valence-corrected chi connectivity index (χ0v) is 10.6. The molecule has 0 aromatic carbocycles. The van der Waals surface area contributed by atoms with Crippen LogP contribution in [-0.4, -0.2) is 17.4 Å². The van der Waals surface area contributed by atoms with Gasteiger partial charge in [0.2, 0.25) is 0 Å². The van der Waals surface area contributed by atoms with Gasteiger partial charge in [0.15, 0.2) is 0 Å². The third kappa shape index (κ3) is 4.16. The molecule has 0 saturated heterocycles. The smallest absolute Gasteiger partial charge is 0.391 e. The highest BCUT2D eigenvalue weighted by Crippen LogP contribution is 2.41. The lowest BCUT2D eigenvalue weighted by Gasteiger charge is -2.34. The number of aliphatic hydroxyl groups is 1. The van der Waals surface area contributed by atoms with E-state index >= 15 is 0 Å². The van der Waals surface area contributed by atoms with Crippen molar-refractivity contribution in [2.45, 2.75) is 64.7 Å². The van der Waals surface area contributed by atoms with Gasteiger partial charge < -0.3 is 5.11 Å². The third-order valence-electron chi connectivity index (χ3n) is 4.04. The number of hydrogen-bond donors (Lipinski definition) is 1. The Bertz CT molecular complexity index is 219. The topological polar surface area (TPSA) is 20.2 Å². The summed E-state index contributed by atoms with van der Waals surface area (Å²) < 4.78 is 37.5. The molecule has 1 rings (SSSR count). The average Bonchev–Trinajstić information content (AvgIpc) is 2.27. The fourth-order valence-electron chi connectivity index (χ4n) is 2.88. The van der Waals surface area contributed by atoms with Gasteiger partial charge in [0.25, 0.3) is 0 Å². The number of rotatable bonds is 4. The van der Waals surface area contributed by atoms with Crippen LogP contribution in [0.4, 0.5) is 13.2 Å². The van der Waals surface area contributed by atoms with E-state index in [0.29, 0.717) is 12.8 Å². The molecule has 0 aliphatic heterocycles. The molecule has 0 amide bonds. The Labute approximate surface area is 101 Å². The number of halogens is 3. The summed E-state index contributed by atoms with van der Waals surface area (Å²) in [5, 5.41) is 10.1. The Balaban J connectivity index is 2.41. The number of aliphatic hydroxyl groups excluding tert-OH is 1. The Kier molecular flexibility index (Phi) is 5.29.